The van der Waals surface area contributed by atoms with E-state index < -0.39 is 0 Å². The van der Waals surface area contributed by atoms with Crippen molar-refractivity contribution < 1.29 is 4.74 Å². The van der Waals surface area contributed by atoms with Crippen LogP contribution in [0.5, 0.6) is 0 Å². The second-order valence-electron chi connectivity index (χ2n) is 9.93. The van der Waals surface area contributed by atoms with Crippen molar-refractivity contribution in [3.63, 3.8) is 0 Å². The van der Waals surface area contributed by atoms with Gasteiger partial charge in [0.1, 0.15) is 4.83 Å². The van der Waals surface area contributed by atoms with Gasteiger partial charge in [0.15, 0.2) is 16.0 Å². The van der Waals surface area contributed by atoms with Crippen molar-refractivity contribution in [2.75, 3.05) is 0 Å². The van der Waals surface area contributed by atoms with Gasteiger partial charge in [-0.1, -0.05) is 83.1 Å². The predicted molar refractivity (Wildman–Crippen MR) is 160 cm³/mol. The summed E-state index contributed by atoms with van der Waals surface area (Å²) in [5.74, 6) is 2.03. The summed E-state index contributed by atoms with van der Waals surface area (Å²) in [6, 6.07) is 15.8. The van der Waals surface area contributed by atoms with Gasteiger partial charge in [0.05, 0.1) is 17.6 Å². The zero-order valence-corrected chi connectivity index (χ0v) is 25.0. The zero-order valence-electron chi connectivity index (χ0n) is 21.0. The van der Waals surface area contributed by atoms with Gasteiger partial charge < -0.3 is 4.74 Å². The number of aromatic nitrogens is 6. The van der Waals surface area contributed by atoms with Gasteiger partial charge in [-0.2, -0.15) is 0 Å². The molecule has 0 bridgehead atoms. The topological polar surface area (TPSA) is 69.6 Å². The van der Waals surface area contributed by atoms with Crippen molar-refractivity contribution in [3.8, 4) is 0 Å². The molecule has 198 valence electrons. The maximum Gasteiger partial charge on any atom is 0.245 e. The molecule has 5 heterocycles. The van der Waals surface area contributed by atoms with E-state index in [-0.39, 0.29) is 5.60 Å². The van der Waals surface area contributed by atoms with E-state index in [1.54, 1.807) is 34.9 Å². The molecule has 0 amide bonds. The van der Waals surface area contributed by atoms with Gasteiger partial charge in [0.2, 0.25) is 5.78 Å². The molecule has 0 atom stereocenters. The molecule has 0 fully saturated rings. The van der Waals surface area contributed by atoms with E-state index >= 15 is 0 Å². The van der Waals surface area contributed by atoms with Crippen LogP contribution in [0.15, 0.2) is 58.8 Å². The van der Waals surface area contributed by atoms with Crippen LogP contribution in [0.25, 0.3) is 21.6 Å². The van der Waals surface area contributed by atoms with E-state index in [4.69, 9.17) is 33.0 Å². The van der Waals surface area contributed by atoms with Crippen LogP contribution in [0.1, 0.15) is 35.4 Å². The Hall–Kier alpha value is -2.34. The van der Waals surface area contributed by atoms with Crippen molar-refractivity contribution in [1.29, 1.82) is 0 Å². The lowest BCUT2D eigenvalue weighted by Gasteiger charge is -2.30. The monoisotopic (exact) mass is 612 g/mol. The first-order valence-corrected chi connectivity index (χ1v) is 15.9. The molecule has 7 rings (SSSR count). The van der Waals surface area contributed by atoms with Crippen LogP contribution in [0.4, 0.5) is 0 Å². The molecule has 0 aliphatic carbocycles. The van der Waals surface area contributed by atoms with Gasteiger partial charge in [-0.3, -0.25) is 0 Å². The van der Waals surface area contributed by atoms with Crippen LogP contribution in [-0.4, -0.2) is 34.8 Å². The molecule has 0 saturated carbocycles. The number of fused-ring (bicyclic) bond motifs is 8. The number of ether oxygens (including phenoxy) is 1. The Morgan fingerprint density at radius 3 is 2.15 bits per heavy atom. The van der Waals surface area contributed by atoms with Gasteiger partial charge in [-0.15, -0.1) is 31.7 Å². The number of thioether (sulfide) groups is 2. The highest BCUT2D eigenvalue weighted by atomic mass is 35.5. The van der Waals surface area contributed by atoms with E-state index in [1.807, 2.05) is 52.9 Å². The number of halogens is 2. The minimum atomic E-state index is -0.260. The maximum atomic E-state index is 6.45. The van der Waals surface area contributed by atoms with Crippen LogP contribution in [0.2, 0.25) is 10.0 Å². The van der Waals surface area contributed by atoms with E-state index in [1.165, 1.54) is 10.4 Å². The minimum absolute atomic E-state index is 0.260. The molecule has 0 unspecified atom stereocenters. The van der Waals surface area contributed by atoms with Crippen molar-refractivity contribution in [2.24, 2.45) is 0 Å². The average molecular weight is 614 g/mol. The first-order valence-electron chi connectivity index (χ1n) is 12.3. The third-order valence-corrected chi connectivity index (χ3v) is 10.7. The van der Waals surface area contributed by atoms with Gasteiger partial charge in [-0.25, -0.2) is 8.80 Å². The highest BCUT2D eigenvalue weighted by Crippen LogP contribution is 2.43. The molecular weight excluding hydrogens is 591 g/mol. The highest BCUT2D eigenvalue weighted by molar-refractivity contribution is 7.98. The number of thiophene rings is 1. The fourth-order valence-corrected chi connectivity index (χ4v) is 8.54. The summed E-state index contributed by atoms with van der Waals surface area (Å²) in [6.45, 7) is 4.84. The molecule has 2 aromatic carbocycles. The summed E-state index contributed by atoms with van der Waals surface area (Å²) in [6.07, 6.45) is 0.794. The fraction of sp³-hybridized carbons (Fsp3) is 0.259. The fourth-order valence-electron chi connectivity index (χ4n) is 4.83. The summed E-state index contributed by atoms with van der Waals surface area (Å²) >= 11 is 17.8. The molecule has 39 heavy (non-hydrogen) atoms. The van der Waals surface area contributed by atoms with Crippen LogP contribution in [0, 0.1) is 0 Å². The Morgan fingerprint density at radius 1 is 0.872 bits per heavy atom. The van der Waals surface area contributed by atoms with Crippen molar-refractivity contribution in [3.05, 3.63) is 80.1 Å². The van der Waals surface area contributed by atoms with E-state index in [2.05, 4.69) is 33.5 Å². The Morgan fingerprint density at radius 2 is 1.49 bits per heavy atom. The highest BCUT2D eigenvalue weighted by Gasteiger charge is 2.32. The Kier molecular flexibility index (Phi) is 6.53. The summed E-state index contributed by atoms with van der Waals surface area (Å²) in [5.41, 5.74) is 3.90. The molecule has 0 N–H and O–H groups in total. The Labute approximate surface area is 246 Å². The van der Waals surface area contributed by atoms with Crippen LogP contribution >= 0.6 is 58.1 Å². The molecule has 1 aliphatic heterocycles. The van der Waals surface area contributed by atoms with Crippen molar-refractivity contribution in [1.82, 2.24) is 29.2 Å². The molecule has 12 heteroatoms. The minimum Gasteiger partial charge on any atom is -0.370 e. The number of benzene rings is 2. The molecule has 7 nitrogen and oxygen atoms in total. The average Bonchev–Trinajstić information content (AvgIpc) is 3.62. The molecule has 0 saturated heterocycles. The quantitative estimate of drug-likeness (QED) is 0.178. The molecule has 6 aromatic rings. The first kappa shape index (κ1) is 25.6. The lowest BCUT2D eigenvalue weighted by Crippen LogP contribution is -2.31. The van der Waals surface area contributed by atoms with E-state index in [0.717, 1.165) is 53.8 Å². The van der Waals surface area contributed by atoms with Gasteiger partial charge in [0, 0.05) is 32.8 Å². The zero-order chi connectivity index (χ0) is 26.7. The van der Waals surface area contributed by atoms with Crippen LogP contribution in [-0.2, 0) is 29.3 Å². The van der Waals surface area contributed by atoms with Crippen LogP contribution < -0.4 is 0 Å². The standard InChI is InChI=1S/C27H22Cl2N6OS3/c1-27(2)11-17-20(12-36-27)39-23-21(17)22-30-32-25(37-13-15-7-3-5-9-18(15)28)34(22)24-31-33-26(35(23)24)38-14-16-8-4-6-10-19(16)29/h3-10H,11-14H2,1-2H3. The lowest BCUT2D eigenvalue weighted by atomic mass is 9.94. The third-order valence-electron chi connectivity index (χ3n) is 6.77. The largest absolute Gasteiger partial charge is 0.370 e. The SMILES string of the molecule is CC1(C)Cc2c(sc3c2c2nnc(SCc4ccccc4Cl)n2c2nnc(SCc4ccccc4Cl)n32)CO1. The molecule has 4 aromatic heterocycles. The van der Waals surface area contributed by atoms with Crippen molar-refractivity contribution in [2.45, 2.75) is 54.3 Å². The smallest absolute Gasteiger partial charge is 0.245 e. The van der Waals surface area contributed by atoms with Crippen LogP contribution in [0.3, 0.4) is 0 Å². The molecular formula is C27H22Cl2N6OS3. The van der Waals surface area contributed by atoms with Gasteiger partial charge in [-0.05, 0) is 42.7 Å². The van der Waals surface area contributed by atoms with Gasteiger partial charge in [0.25, 0.3) is 0 Å². The lowest BCUT2D eigenvalue weighted by molar-refractivity contribution is -0.0379. The second-order valence-corrected chi connectivity index (χ2v) is 13.7. The number of nitrogens with zero attached hydrogens (tertiary/aromatic N) is 6. The predicted octanol–water partition coefficient (Wildman–Crippen LogP) is 7.73. The second kappa shape index (κ2) is 9.94. The van der Waals surface area contributed by atoms with Gasteiger partial charge >= 0.3 is 0 Å². The summed E-state index contributed by atoms with van der Waals surface area (Å²) in [5, 5.41) is 22.7. The maximum absolute atomic E-state index is 6.45. The Balaban J connectivity index is 1.40. The normalized spacial score (nSPS) is 15.0. The molecule has 0 radical (unpaired) electrons. The Bertz CT molecular complexity index is 1880. The summed E-state index contributed by atoms with van der Waals surface area (Å²) in [4.78, 5) is 2.27. The molecule has 0 spiro atoms. The first-order chi connectivity index (χ1) is 18.9. The summed E-state index contributed by atoms with van der Waals surface area (Å²) < 4.78 is 10.3. The molecule has 1 aliphatic rings. The van der Waals surface area contributed by atoms with Crippen molar-refractivity contribution >= 4 is 79.7 Å². The number of rotatable bonds is 6. The van der Waals surface area contributed by atoms with E-state index in [0.29, 0.717) is 23.9 Å². The van der Waals surface area contributed by atoms with E-state index in [9.17, 15) is 0 Å². The third kappa shape index (κ3) is 4.51. The summed E-state index contributed by atoms with van der Waals surface area (Å²) in [7, 11) is 0. The number of hydrogen-bond donors (Lipinski definition) is 0. The number of hydrogen-bond acceptors (Lipinski definition) is 8.